The summed E-state index contributed by atoms with van der Waals surface area (Å²) in [5.41, 5.74) is 1.98. The number of hydrogen-bond acceptors (Lipinski definition) is 3. The lowest BCUT2D eigenvalue weighted by Crippen LogP contribution is -2.35. The summed E-state index contributed by atoms with van der Waals surface area (Å²) in [7, 11) is 0. The van der Waals surface area contributed by atoms with Gasteiger partial charge < -0.3 is 10.1 Å². The Kier molecular flexibility index (Phi) is 5.21. The first-order valence-corrected chi connectivity index (χ1v) is 7.39. The van der Waals surface area contributed by atoms with Gasteiger partial charge in [0.05, 0.1) is 5.69 Å². The molecule has 0 saturated carbocycles. The van der Waals surface area contributed by atoms with E-state index in [9.17, 15) is 0 Å². The van der Waals surface area contributed by atoms with Crippen LogP contribution in [0.25, 0.3) is 0 Å². The fraction of sp³-hybridized carbons (Fsp3) is 0.353. The lowest BCUT2D eigenvalue weighted by Gasteiger charge is -2.20. The Bertz CT molecular complexity index is 593. The molecule has 0 aliphatic rings. The summed E-state index contributed by atoms with van der Waals surface area (Å²) in [6.07, 6.45) is 0. The predicted octanol–water partition coefficient (Wildman–Crippen LogP) is 4.20. The molecule has 0 aliphatic heterocycles. The van der Waals surface area contributed by atoms with Crippen LogP contribution in [0.5, 0.6) is 5.88 Å². The average Bonchev–Trinajstić information content (AvgIpc) is 2.44. The fourth-order valence-electron chi connectivity index (χ4n) is 1.76. The molecule has 0 radical (unpaired) electrons. The Balaban J connectivity index is 1.96. The van der Waals surface area contributed by atoms with Crippen LogP contribution in [0.4, 0.5) is 0 Å². The minimum Gasteiger partial charge on any atom is -0.473 e. The maximum atomic E-state index is 6.11. The van der Waals surface area contributed by atoms with Gasteiger partial charge in [-0.05, 0) is 32.9 Å². The van der Waals surface area contributed by atoms with Gasteiger partial charge in [0.2, 0.25) is 5.88 Å². The van der Waals surface area contributed by atoms with E-state index >= 15 is 0 Å². The van der Waals surface area contributed by atoms with Crippen molar-refractivity contribution < 1.29 is 4.74 Å². The van der Waals surface area contributed by atoms with Crippen molar-refractivity contribution in [2.24, 2.45) is 0 Å². The number of pyridine rings is 1. The number of halogens is 1. The molecule has 0 amide bonds. The van der Waals surface area contributed by atoms with Gasteiger partial charge in [0.15, 0.2) is 0 Å². The van der Waals surface area contributed by atoms with E-state index in [0.717, 1.165) is 11.3 Å². The molecule has 1 aromatic heterocycles. The molecule has 1 heterocycles. The molecule has 0 spiro atoms. The van der Waals surface area contributed by atoms with E-state index in [0.29, 0.717) is 24.1 Å². The third-order valence-corrected chi connectivity index (χ3v) is 3.28. The lowest BCUT2D eigenvalue weighted by atomic mass is 10.1. The molecular formula is C17H21ClN2O. The van der Waals surface area contributed by atoms with E-state index in [1.807, 2.05) is 42.5 Å². The van der Waals surface area contributed by atoms with Crippen LogP contribution in [-0.4, -0.2) is 10.5 Å². The summed E-state index contributed by atoms with van der Waals surface area (Å²) >= 11 is 6.11. The molecule has 2 rings (SSSR count). The molecule has 0 saturated heterocycles. The van der Waals surface area contributed by atoms with Gasteiger partial charge in [-0.15, -0.1) is 0 Å². The van der Waals surface area contributed by atoms with Crippen molar-refractivity contribution in [3.8, 4) is 5.88 Å². The van der Waals surface area contributed by atoms with Crippen LogP contribution in [0.2, 0.25) is 5.02 Å². The van der Waals surface area contributed by atoms with E-state index in [2.05, 4.69) is 31.1 Å². The van der Waals surface area contributed by atoms with Crippen LogP contribution in [0.1, 0.15) is 32.0 Å². The largest absolute Gasteiger partial charge is 0.473 e. The molecule has 4 heteroatoms. The molecule has 0 fully saturated rings. The minimum atomic E-state index is 0.0656. The fourth-order valence-corrected chi connectivity index (χ4v) is 1.95. The van der Waals surface area contributed by atoms with E-state index < -0.39 is 0 Å². The average molecular weight is 305 g/mol. The molecule has 1 N–H and O–H groups in total. The van der Waals surface area contributed by atoms with Gasteiger partial charge in [0.25, 0.3) is 0 Å². The molecule has 0 bridgehead atoms. The van der Waals surface area contributed by atoms with Crippen molar-refractivity contribution in [1.29, 1.82) is 0 Å². The van der Waals surface area contributed by atoms with Crippen molar-refractivity contribution in [1.82, 2.24) is 10.3 Å². The van der Waals surface area contributed by atoms with Gasteiger partial charge in [-0.3, -0.25) is 0 Å². The summed E-state index contributed by atoms with van der Waals surface area (Å²) in [6.45, 7) is 7.52. The van der Waals surface area contributed by atoms with E-state index in [4.69, 9.17) is 16.3 Å². The molecule has 1 aromatic carbocycles. The smallest absolute Gasteiger partial charge is 0.213 e. The highest BCUT2D eigenvalue weighted by molar-refractivity contribution is 6.31. The number of benzene rings is 1. The zero-order valence-corrected chi connectivity index (χ0v) is 13.4. The topological polar surface area (TPSA) is 34.1 Å². The lowest BCUT2D eigenvalue weighted by molar-refractivity contribution is 0.292. The van der Waals surface area contributed by atoms with Gasteiger partial charge in [0.1, 0.15) is 6.61 Å². The number of nitrogens with zero attached hydrogens (tertiary/aromatic N) is 1. The monoisotopic (exact) mass is 304 g/mol. The van der Waals surface area contributed by atoms with Crippen molar-refractivity contribution in [2.75, 3.05) is 0 Å². The Hall–Kier alpha value is -1.58. The number of rotatable bonds is 5. The zero-order valence-electron chi connectivity index (χ0n) is 12.7. The van der Waals surface area contributed by atoms with E-state index in [1.165, 1.54) is 0 Å². The van der Waals surface area contributed by atoms with Crippen LogP contribution in [0.15, 0.2) is 42.5 Å². The molecule has 0 unspecified atom stereocenters. The van der Waals surface area contributed by atoms with E-state index in [-0.39, 0.29) is 5.54 Å². The summed E-state index contributed by atoms with van der Waals surface area (Å²) in [4.78, 5) is 4.49. The van der Waals surface area contributed by atoms with Gasteiger partial charge in [-0.2, -0.15) is 0 Å². The number of ether oxygens (including phenoxy) is 1. The quantitative estimate of drug-likeness (QED) is 0.899. The Morgan fingerprint density at radius 1 is 1.10 bits per heavy atom. The van der Waals surface area contributed by atoms with Crippen LogP contribution in [-0.2, 0) is 13.2 Å². The van der Waals surface area contributed by atoms with E-state index in [1.54, 1.807) is 0 Å². The summed E-state index contributed by atoms with van der Waals surface area (Å²) in [5.74, 6) is 0.614. The first-order chi connectivity index (χ1) is 9.94. The summed E-state index contributed by atoms with van der Waals surface area (Å²) in [5, 5.41) is 4.12. The maximum absolute atomic E-state index is 6.11. The Labute approximate surface area is 131 Å². The van der Waals surface area contributed by atoms with Crippen LogP contribution >= 0.6 is 11.6 Å². The number of aromatic nitrogens is 1. The third kappa shape index (κ3) is 5.37. The SMILES string of the molecule is CC(C)(C)NCc1cccc(OCc2ccccc2Cl)n1. The predicted molar refractivity (Wildman–Crippen MR) is 86.6 cm³/mol. The number of nitrogens with one attached hydrogen (secondary N) is 1. The highest BCUT2D eigenvalue weighted by Gasteiger charge is 2.09. The second kappa shape index (κ2) is 6.92. The van der Waals surface area contributed by atoms with Crippen LogP contribution in [0.3, 0.4) is 0 Å². The molecule has 0 atom stereocenters. The second-order valence-corrected chi connectivity index (χ2v) is 6.36. The Morgan fingerprint density at radius 2 is 1.86 bits per heavy atom. The van der Waals surface area contributed by atoms with Gasteiger partial charge in [-0.25, -0.2) is 4.98 Å². The highest BCUT2D eigenvalue weighted by atomic mass is 35.5. The van der Waals surface area contributed by atoms with Crippen molar-refractivity contribution in [3.63, 3.8) is 0 Å². The second-order valence-electron chi connectivity index (χ2n) is 5.95. The van der Waals surface area contributed by atoms with Gasteiger partial charge in [0, 0.05) is 28.7 Å². The first-order valence-electron chi connectivity index (χ1n) is 7.01. The first kappa shape index (κ1) is 15.8. The molecular weight excluding hydrogens is 284 g/mol. The normalized spacial score (nSPS) is 11.4. The van der Waals surface area contributed by atoms with Gasteiger partial charge in [-0.1, -0.05) is 35.9 Å². The molecule has 2 aromatic rings. The maximum Gasteiger partial charge on any atom is 0.213 e. The third-order valence-electron chi connectivity index (χ3n) is 2.91. The van der Waals surface area contributed by atoms with Crippen LogP contribution < -0.4 is 10.1 Å². The zero-order chi connectivity index (χ0) is 15.3. The van der Waals surface area contributed by atoms with Gasteiger partial charge >= 0.3 is 0 Å². The summed E-state index contributed by atoms with van der Waals surface area (Å²) in [6, 6.07) is 13.5. The van der Waals surface area contributed by atoms with Crippen molar-refractivity contribution in [2.45, 2.75) is 39.5 Å². The minimum absolute atomic E-state index is 0.0656. The molecule has 0 aliphatic carbocycles. The standard InChI is InChI=1S/C17H21ClN2O/c1-17(2,3)19-11-14-8-6-10-16(20-14)21-12-13-7-4-5-9-15(13)18/h4-10,19H,11-12H2,1-3H3. The molecule has 3 nitrogen and oxygen atoms in total. The highest BCUT2D eigenvalue weighted by Crippen LogP contribution is 2.17. The van der Waals surface area contributed by atoms with Crippen molar-refractivity contribution in [3.05, 3.63) is 58.7 Å². The number of hydrogen-bond donors (Lipinski definition) is 1. The molecule has 21 heavy (non-hydrogen) atoms. The summed E-state index contributed by atoms with van der Waals surface area (Å²) < 4.78 is 5.72. The molecule has 112 valence electrons. The Morgan fingerprint density at radius 3 is 2.57 bits per heavy atom. The van der Waals surface area contributed by atoms with Crippen molar-refractivity contribution >= 4 is 11.6 Å². The van der Waals surface area contributed by atoms with Crippen LogP contribution in [0, 0.1) is 0 Å².